The summed E-state index contributed by atoms with van der Waals surface area (Å²) in [5.41, 5.74) is 7.42. The Kier molecular flexibility index (Phi) is 5.36. The van der Waals surface area contributed by atoms with Crippen molar-refractivity contribution >= 4 is 23.6 Å². The number of ketones is 1. The van der Waals surface area contributed by atoms with Crippen molar-refractivity contribution in [1.82, 2.24) is 0 Å². The highest BCUT2D eigenvalue weighted by Crippen LogP contribution is 2.43. The van der Waals surface area contributed by atoms with Crippen LogP contribution >= 0.6 is 0 Å². The number of hydrogen-bond donors (Lipinski definition) is 0. The molecule has 168 valence electrons. The number of non-ortho nitro benzene ring substituents is 1. The molecule has 4 rings (SSSR count). The molecule has 0 aromatic heterocycles. The molecule has 0 saturated carbocycles. The van der Waals surface area contributed by atoms with E-state index in [9.17, 15) is 14.9 Å². The van der Waals surface area contributed by atoms with Gasteiger partial charge in [0.2, 0.25) is 0 Å². The Morgan fingerprint density at radius 2 is 1.33 bits per heavy atom. The van der Waals surface area contributed by atoms with Crippen LogP contribution in [0.25, 0.3) is 23.3 Å². The fourth-order valence-corrected chi connectivity index (χ4v) is 4.16. The summed E-state index contributed by atoms with van der Waals surface area (Å²) in [7, 11) is 0. The molecule has 33 heavy (non-hydrogen) atoms. The lowest BCUT2D eigenvalue weighted by Crippen LogP contribution is -2.13. The third kappa shape index (κ3) is 4.25. The molecule has 0 heterocycles. The summed E-state index contributed by atoms with van der Waals surface area (Å²) in [6, 6.07) is 16.9. The molecule has 0 atom stereocenters. The van der Waals surface area contributed by atoms with Gasteiger partial charge in [-0.1, -0.05) is 71.9 Å². The number of fused-ring (bicyclic) bond motifs is 3. The summed E-state index contributed by atoms with van der Waals surface area (Å²) >= 11 is 0. The second kappa shape index (κ2) is 7.80. The Morgan fingerprint density at radius 1 is 0.727 bits per heavy atom. The third-order valence-electron chi connectivity index (χ3n) is 6.24. The first-order chi connectivity index (χ1) is 15.4. The van der Waals surface area contributed by atoms with Gasteiger partial charge in [0.25, 0.3) is 5.69 Å². The first kappa shape index (κ1) is 22.7. The van der Waals surface area contributed by atoms with Crippen LogP contribution in [0.4, 0.5) is 5.69 Å². The van der Waals surface area contributed by atoms with Gasteiger partial charge in [-0.25, -0.2) is 0 Å². The van der Waals surface area contributed by atoms with Crippen LogP contribution in [0.2, 0.25) is 0 Å². The number of carbonyl (C=O) groups is 1. The van der Waals surface area contributed by atoms with E-state index in [0.717, 1.165) is 44.5 Å². The van der Waals surface area contributed by atoms with Gasteiger partial charge in [-0.3, -0.25) is 14.9 Å². The van der Waals surface area contributed by atoms with Gasteiger partial charge in [0.1, 0.15) is 0 Å². The predicted octanol–water partition coefficient (Wildman–Crippen LogP) is 7.57. The van der Waals surface area contributed by atoms with Gasteiger partial charge in [-0.2, -0.15) is 0 Å². The molecule has 0 saturated heterocycles. The lowest BCUT2D eigenvalue weighted by molar-refractivity contribution is -0.384. The Balaban J connectivity index is 1.86. The highest BCUT2D eigenvalue weighted by atomic mass is 16.6. The largest absolute Gasteiger partial charge is 0.289 e. The summed E-state index contributed by atoms with van der Waals surface area (Å²) in [4.78, 5) is 24.0. The maximum absolute atomic E-state index is 13.5. The maximum atomic E-state index is 13.5. The Morgan fingerprint density at radius 3 is 1.91 bits per heavy atom. The smallest absolute Gasteiger partial charge is 0.269 e. The van der Waals surface area contributed by atoms with Crippen LogP contribution in [0.3, 0.4) is 0 Å². The molecule has 1 aliphatic carbocycles. The second-order valence-corrected chi connectivity index (χ2v) is 10.8. The third-order valence-corrected chi connectivity index (χ3v) is 6.24. The summed E-state index contributed by atoms with van der Waals surface area (Å²) in [5.74, 6) is 0.0715. The number of rotatable bonds is 3. The lowest BCUT2D eigenvalue weighted by atomic mass is 9.83. The number of benzene rings is 3. The molecule has 0 spiro atoms. The average molecular weight is 440 g/mol. The minimum absolute atomic E-state index is 0.0424. The van der Waals surface area contributed by atoms with Gasteiger partial charge >= 0.3 is 0 Å². The molecule has 4 heteroatoms. The summed E-state index contributed by atoms with van der Waals surface area (Å²) in [5, 5.41) is 10.9. The van der Waals surface area contributed by atoms with E-state index >= 15 is 0 Å². The van der Waals surface area contributed by atoms with Crippen LogP contribution in [0, 0.1) is 10.1 Å². The van der Waals surface area contributed by atoms with Gasteiger partial charge in [0, 0.05) is 28.8 Å². The number of nitro benzene ring substituents is 1. The van der Waals surface area contributed by atoms with E-state index in [4.69, 9.17) is 0 Å². The molecular formula is C29H29NO3. The number of nitro groups is 1. The molecule has 0 bridgehead atoms. The van der Waals surface area contributed by atoms with Crippen molar-refractivity contribution in [3.05, 3.63) is 98.1 Å². The molecule has 0 aliphatic heterocycles. The van der Waals surface area contributed by atoms with Gasteiger partial charge in [-0.05, 0) is 62.9 Å². The predicted molar refractivity (Wildman–Crippen MR) is 135 cm³/mol. The second-order valence-electron chi connectivity index (χ2n) is 10.8. The first-order valence-electron chi connectivity index (χ1n) is 11.2. The monoisotopic (exact) mass is 439 g/mol. The standard InChI is InChI=1S/C29H29NO3/c1-28(2,3)20-11-14-23-24(16-20)27(31)25-17-21(29(4,5)6)15-19(26(23)25)10-7-18-8-12-22(13-9-18)30(32)33/h7-17H,1-6H3. The van der Waals surface area contributed by atoms with Crippen LogP contribution in [0.5, 0.6) is 0 Å². The van der Waals surface area contributed by atoms with Crippen molar-refractivity contribution < 1.29 is 9.72 Å². The van der Waals surface area contributed by atoms with Crippen LogP contribution in [0.1, 0.15) is 79.7 Å². The zero-order valence-electron chi connectivity index (χ0n) is 20.0. The summed E-state index contributed by atoms with van der Waals surface area (Å²) in [6.45, 7) is 12.9. The maximum Gasteiger partial charge on any atom is 0.269 e. The fourth-order valence-electron chi connectivity index (χ4n) is 4.16. The Labute approximate surface area is 195 Å². The molecule has 0 unspecified atom stereocenters. The van der Waals surface area contributed by atoms with Gasteiger partial charge in [0.05, 0.1) is 4.92 Å². The minimum atomic E-state index is -0.401. The van der Waals surface area contributed by atoms with E-state index in [1.807, 2.05) is 24.3 Å². The van der Waals surface area contributed by atoms with E-state index in [1.165, 1.54) is 12.1 Å². The molecule has 0 fully saturated rings. The van der Waals surface area contributed by atoms with Crippen molar-refractivity contribution in [2.45, 2.75) is 52.4 Å². The molecule has 0 N–H and O–H groups in total. The van der Waals surface area contributed by atoms with E-state index in [0.29, 0.717) is 0 Å². The number of carbonyl (C=O) groups excluding carboxylic acids is 1. The fraction of sp³-hybridized carbons (Fsp3) is 0.276. The quantitative estimate of drug-likeness (QED) is 0.188. The van der Waals surface area contributed by atoms with E-state index in [1.54, 1.807) is 12.1 Å². The van der Waals surface area contributed by atoms with Gasteiger partial charge in [0.15, 0.2) is 5.78 Å². The van der Waals surface area contributed by atoms with Crippen molar-refractivity contribution in [2.24, 2.45) is 0 Å². The molecular weight excluding hydrogens is 410 g/mol. The normalized spacial score (nSPS) is 13.3. The van der Waals surface area contributed by atoms with E-state index in [2.05, 4.69) is 59.7 Å². The van der Waals surface area contributed by atoms with Gasteiger partial charge < -0.3 is 0 Å². The van der Waals surface area contributed by atoms with Crippen LogP contribution < -0.4 is 0 Å². The average Bonchev–Trinajstić information content (AvgIpc) is 3.03. The van der Waals surface area contributed by atoms with Crippen molar-refractivity contribution in [3.8, 4) is 11.1 Å². The van der Waals surface area contributed by atoms with Crippen LogP contribution in [0.15, 0.2) is 54.6 Å². The topological polar surface area (TPSA) is 60.2 Å². The highest BCUT2D eigenvalue weighted by molar-refractivity contribution is 6.23. The number of hydrogen-bond acceptors (Lipinski definition) is 3. The van der Waals surface area contributed by atoms with Crippen molar-refractivity contribution in [2.75, 3.05) is 0 Å². The molecule has 3 aromatic carbocycles. The van der Waals surface area contributed by atoms with E-state index < -0.39 is 4.92 Å². The van der Waals surface area contributed by atoms with Crippen molar-refractivity contribution in [3.63, 3.8) is 0 Å². The Bertz CT molecular complexity index is 1300. The molecule has 0 amide bonds. The Hall–Kier alpha value is -3.53. The molecule has 4 nitrogen and oxygen atoms in total. The van der Waals surface area contributed by atoms with Crippen LogP contribution in [-0.4, -0.2) is 10.7 Å². The molecule has 1 aliphatic rings. The van der Waals surface area contributed by atoms with Crippen molar-refractivity contribution in [1.29, 1.82) is 0 Å². The van der Waals surface area contributed by atoms with Crippen LogP contribution in [-0.2, 0) is 10.8 Å². The molecule has 3 aromatic rings. The zero-order valence-corrected chi connectivity index (χ0v) is 20.0. The van der Waals surface area contributed by atoms with Gasteiger partial charge in [-0.15, -0.1) is 0 Å². The highest BCUT2D eigenvalue weighted by Gasteiger charge is 2.31. The lowest BCUT2D eigenvalue weighted by Gasteiger charge is -2.21. The minimum Gasteiger partial charge on any atom is -0.289 e. The molecule has 0 radical (unpaired) electrons. The first-order valence-corrected chi connectivity index (χ1v) is 11.2. The summed E-state index contributed by atoms with van der Waals surface area (Å²) < 4.78 is 0. The number of nitrogens with zero attached hydrogens (tertiary/aromatic N) is 1. The van der Waals surface area contributed by atoms with E-state index in [-0.39, 0.29) is 22.3 Å². The SMILES string of the molecule is CC(C)(C)c1ccc2c(c1)C(=O)c1cc(C(C)(C)C)cc(C=Cc3ccc([N+](=O)[O-])cc3)c1-2. The summed E-state index contributed by atoms with van der Waals surface area (Å²) in [6.07, 6.45) is 3.95. The zero-order chi connectivity index (χ0) is 24.1.